The summed E-state index contributed by atoms with van der Waals surface area (Å²) in [7, 11) is 0. The Labute approximate surface area is 120 Å². The van der Waals surface area contributed by atoms with Gasteiger partial charge in [-0.05, 0) is 38.1 Å². The van der Waals surface area contributed by atoms with Crippen LogP contribution in [0.4, 0.5) is 18.9 Å². The number of alkyl halides is 3. The second-order valence-electron chi connectivity index (χ2n) is 4.45. The van der Waals surface area contributed by atoms with Crippen LogP contribution in [-0.2, 0) is 6.18 Å². The molecule has 108 valence electrons. The number of hydrogen-bond acceptors (Lipinski definition) is 2. The molecule has 0 radical (unpaired) electrons. The van der Waals surface area contributed by atoms with Crippen LogP contribution in [0.25, 0.3) is 10.9 Å². The number of pyridine rings is 1. The molecule has 0 saturated heterocycles. The Kier molecular flexibility index (Phi) is 4.04. The van der Waals surface area contributed by atoms with E-state index in [0.717, 1.165) is 24.8 Å². The third-order valence-corrected chi connectivity index (χ3v) is 3.48. The van der Waals surface area contributed by atoms with Crippen molar-refractivity contribution < 1.29 is 13.2 Å². The minimum atomic E-state index is -4.41. The largest absolute Gasteiger partial charge is 0.417 e. The highest BCUT2D eigenvalue weighted by Gasteiger charge is 2.33. The number of aromatic nitrogens is 1. The maximum absolute atomic E-state index is 13.1. The van der Waals surface area contributed by atoms with Crippen molar-refractivity contribution in [1.29, 1.82) is 0 Å². The summed E-state index contributed by atoms with van der Waals surface area (Å²) >= 11 is 4.86. The van der Waals surface area contributed by atoms with E-state index in [9.17, 15) is 13.2 Å². The van der Waals surface area contributed by atoms with Crippen molar-refractivity contribution in [3.05, 3.63) is 34.5 Å². The standard InChI is InChI=1S/C14H15F3N2S/c1-3-19(4-2)9-5-6-12-10(7-9)11(14(15,16)17)8-13(20)18-12/h5-8H,3-4H2,1-2H3,(H,18,20). The molecule has 0 bridgehead atoms. The smallest absolute Gasteiger partial charge is 0.372 e. The average molecular weight is 300 g/mol. The summed E-state index contributed by atoms with van der Waals surface area (Å²) in [5, 5.41) is 0.149. The van der Waals surface area contributed by atoms with Gasteiger partial charge in [-0.2, -0.15) is 13.2 Å². The van der Waals surface area contributed by atoms with Crippen molar-refractivity contribution in [1.82, 2.24) is 4.98 Å². The summed E-state index contributed by atoms with van der Waals surface area (Å²) in [6, 6.07) is 5.99. The Hall–Kier alpha value is -1.56. The first-order valence-electron chi connectivity index (χ1n) is 6.36. The SMILES string of the molecule is CCN(CC)c1ccc2[nH]c(=S)cc(C(F)(F)F)c2c1. The Morgan fingerprint density at radius 3 is 2.35 bits per heavy atom. The van der Waals surface area contributed by atoms with Crippen LogP contribution in [0.3, 0.4) is 0 Å². The minimum absolute atomic E-state index is 0.0837. The first-order valence-corrected chi connectivity index (χ1v) is 6.76. The molecule has 0 aliphatic rings. The number of nitrogens with zero attached hydrogens (tertiary/aromatic N) is 1. The number of halogens is 3. The predicted octanol–water partition coefficient (Wildman–Crippen LogP) is 4.76. The predicted molar refractivity (Wildman–Crippen MR) is 77.7 cm³/mol. The lowest BCUT2D eigenvalue weighted by atomic mass is 10.1. The number of anilines is 1. The fourth-order valence-corrected chi connectivity index (χ4v) is 2.49. The van der Waals surface area contributed by atoms with Crippen LogP contribution in [0.1, 0.15) is 19.4 Å². The maximum atomic E-state index is 13.1. The molecule has 2 rings (SSSR count). The first kappa shape index (κ1) is 14.8. The molecule has 0 amide bonds. The van der Waals surface area contributed by atoms with Crippen LogP contribution >= 0.6 is 12.2 Å². The molecule has 1 aromatic heterocycles. The minimum Gasteiger partial charge on any atom is -0.372 e. The Morgan fingerprint density at radius 2 is 1.80 bits per heavy atom. The van der Waals surface area contributed by atoms with E-state index in [2.05, 4.69) is 4.98 Å². The van der Waals surface area contributed by atoms with Crippen molar-refractivity contribution in [2.45, 2.75) is 20.0 Å². The van der Waals surface area contributed by atoms with Crippen LogP contribution in [0, 0.1) is 4.64 Å². The van der Waals surface area contributed by atoms with E-state index in [4.69, 9.17) is 12.2 Å². The summed E-state index contributed by atoms with van der Waals surface area (Å²) < 4.78 is 39.4. The van der Waals surface area contributed by atoms with Crippen molar-refractivity contribution in [3.63, 3.8) is 0 Å². The van der Waals surface area contributed by atoms with Crippen LogP contribution < -0.4 is 4.90 Å². The molecule has 0 fully saturated rings. The van der Waals surface area contributed by atoms with E-state index in [1.165, 1.54) is 0 Å². The average Bonchev–Trinajstić information content (AvgIpc) is 2.38. The van der Waals surface area contributed by atoms with Gasteiger partial charge in [-0.3, -0.25) is 0 Å². The fraction of sp³-hybridized carbons (Fsp3) is 0.357. The molecule has 0 aliphatic carbocycles. The first-order chi connectivity index (χ1) is 9.36. The van der Waals surface area contributed by atoms with Crippen LogP contribution in [0.2, 0.25) is 0 Å². The van der Waals surface area contributed by atoms with Gasteiger partial charge in [0.05, 0.1) is 5.56 Å². The van der Waals surface area contributed by atoms with Gasteiger partial charge in [0.1, 0.15) is 4.64 Å². The summed E-state index contributed by atoms with van der Waals surface area (Å²) in [4.78, 5) is 4.80. The summed E-state index contributed by atoms with van der Waals surface area (Å²) in [6.07, 6.45) is -4.41. The third-order valence-electron chi connectivity index (χ3n) is 3.26. The lowest BCUT2D eigenvalue weighted by molar-refractivity contribution is -0.136. The molecule has 2 aromatic rings. The van der Waals surface area contributed by atoms with Crippen molar-refractivity contribution >= 4 is 28.8 Å². The summed E-state index contributed by atoms with van der Waals surface area (Å²) in [5.74, 6) is 0. The lowest BCUT2D eigenvalue weighted by Gasteiger charge is -2.22. The van der Waals surface area contributed by atoms with Crippen LogP contribution in [0.15, 0.2) is 24.3 Å². The quantitative estimate of drug-likeness (QED) is 0.824. The number of hydrogen-bond donors (Lipinski definition) is 1. The Balaban J connectivity index is 2.72. The third kappa shape index (κ3) is 2.80. The van der Waals surface area contributed by atoms with E-state index in [0.29, 0.717) is 5.52 Å². The molecule has 0 saturated carbocycles. The molecule has 0 unspecified atom stereocenters. The Bertz CT molecular complexity index is 672. The number of H-pyrrole nitrogens is 1. The number of rotatable bonds is 3. The van der Waals surface area contributed by atoms with Gasteiger partial charge in [-0.15, -0.1) is 0 Å². The number of benzene rings is 1. The van der Waals surface area contributed by atoms with E-state index in [-0.39, 0.29) is 10.0 Å². The van der Waals surface area contributed by atoms with E-state index >= 15 is 0 Å². The molecule has 0 aliphatic heterocycles. The summed E-state index contributed by atoms with van der Waals surface area (Å²) in [6.45, 7) is 5.42. The second-order valence-corrected chi connectivity index (χ2v) is 4.89. The molecule has 2 nitrogen and oxygen atoms in total. The Morgan fingerprint density at radius 1 is 1.15 bits per heavy atom. The second kappa shape index (κ2) is 5.44. The van der Waals surface area contributed by atoms with Gasteiger partial charge in [0.15, 0.2) is 0 Å². The lowest BCUT2D eigenvalue weighted by Crippen LogP contribution is -2.21. The zero-order valence-corrected chi connectivity index (χ0v) is 12.0. The van der Waals surface area contributed by atoms with Crippen LogP contribution in [-0.4, -0.2) is 18.1 Å². The summed E-state index contributed by atoms with van der Waals surface area (Å²) in [5.41, 5.74) is 0.490. The van der Waals surface area contributed by atoms with Crippen molar-refractivity contribution in [2.75, 3.05) is 18.0 Å². The molecular weight excluding hydrogens is 285 g/mol. The highest BCUT2D eigenvalue weighted by Crippen LogP contribution is 2.35. The number of aromatic amines is 1. The van der Waals surface area contributed by atoms with Crippen molar-refractivity contribution in [2.24, 2.45) is 0 Å². The highest BCUT2D eigenvalue weighted by molar-refractivity contribution is 7.71. The van der Waals surface area contributed by atoms with Gasteiger partial charge in [-0.1, -0.05) is 12.2 Å². The van der Waals surface area contributed by atoms with Gasteiger partial charge < -0.3 is 9.88 Å². The van der Waals surface area contributed by atoms with E-state index in [1.807, 2.05) is 18.7 Å². The van der Waals surface area contributed by atoms with E-state index < -0.39 is 11.7 Å². The molecule has 0 atom stereocenters. The van der Waals surface area contributed by atoms with Gasteiger partial charge in [0.2, 0.25) is 0 Å². The number of fused-ring (bicyclic) bond motifs is 1. The molecule has 1 aromatic carbocycles. The molecule has 1 N–H and O–H groups in total. The van der Waals surface area contributed by atoms with E-state index in [1.54, 1.807) is 18.2 Å². The molecule has 6 heteroatoms. The number of nitrogens with one attached hydrogen (secondary N) is 1. The molecular formula is C14H15F3N2S. The van der Waals surface area contributed by atoms with Crippen molar-refractivity contribution in [3.8, 4) is 0 Å². The highest BCUT2D eigenvalue weighted by atomic mass is 32.1. The fourth-order valence-electron chi connectivity index (χ4n) is 2.26. The molecule has 1 heterocycles. The van der Waals surface area contributed by atoms with Gasteiger partial charge in [0.25, 0.3) is 0 Å². The molecule has 20 heavy (non-hydrogen) atoms. The normalized spacial score (nSPS) is 11.8. The topological polar surface area (TPSA) is 19.0 Å². The van der Waals surface area contributed by atoms with Gasteiger partial charge >= 0.3 is 6.18 Å². The monoisotopic (exact) mass is 300 g/mol. The van der Waals surface area contributed by atoms with Crippen LogP contribution in [0.5, 0.6) is 0 Å². The maximum Gasteiger partial charge on any atom is 0.417 e. The van der Waals surface area contributed by atoms with Gasteiger partial charge in [-0.25, -0.2) is 0 Å². The zero-order chi connectivity index (χ0) is 14.9. The molecule has 0 spiro atoms. The zero-order valence-electron chi connectivity index (χ0n) is 11.2. The van der Waals surface area contributed by atoms with Gasteiger partial charge in [0, 0.05) is 29.7 Å².